The van der Waals surface area contributed by atoms with Crippen LogP contribution in [-0.2, 0) is 11.3 Å². The number of hydrogen-bond donors (Lipinski definition) is 1. The minimum absolute atomic E-state index is 0.317. The Bertz CT molecular complexity index is 1230. The molecule has 31 heavy (non-hydrogen) atoms. The predicted octanol–water partition coefficient (Wildman–Crippen LogP) is 4.15. The van der Waals surface area contributed by atoms with E-state index in [1.54, 1.807) is 6.07 Å². The summed E-state index contributed by atoms with van der Waals surface area (Å²) in [5.41, 5.74) is 11.1. The Morgan fingerprint density at radius 2 is 1.87 bits per heavy atom. The first-order valence-corrected chi connectivity index (χ1v) is 10.5. The molecule has 2 N–H and O–H groups in total. The Morgan fingerprint density at radius 1 is 1.03 bits per heavy atom. The highest BCUT2D eigenvalue weighted by atomic mass is 35.5. The SMILES string of the molecule is NCc1cc2ncc(-c3ccc(N4CCOCC4)nc3)n2cc1-c1ccc(F)cc1Cl. The van der Waals surface area contributed by atoms with Gasteiger partial charge in [-0.15, -0.1) is 0 Å². The standard InChI is InChI=1S/C23H21ClFN5O/c24-20-10-17(25)2-3-18(20)19-14-30-21(13-28-23(30)9-16(19)11-26)15-1-4-22(27-12-15)29-5-7-31-8-6-29/h1-4,9-10,12-14H,5-8,11,26H2. The van der Waals surface area contributed by atoms with Crippen molar-refractivity contribution in [2.75, 3.05) is 31.2 Å². The molecule has 0 aliphatic carbocycles. The highest BCUT2D eigenvalue weighted by Crippen LogP contribution is 2.33. The van der Waals surface area contributed by atoms with E-state index in [0.29, 0.717) is 11.6 Å². The number of aromatic nitrogens is 3. The lowest BCUT2D eigenvalue weighted by Gasteiger charge is -2.27. The van der Waals surface area contributed by atoms with Crippen LogP contribution >= 0.6 is 11.6 Å². The summed E-state index contributed by atoms with van der Waals surface area (Å²) in [6.07, 6.45) is 5.63. The second-order valence-corrected chi connectivity index (χ2v) is 7.82. The van der Waals surface area contributed by atoms with E-state index in [1.807, 2.05) is 41.2 Å². The van der Waals surface area contributed by atoms with Gasteiger partial charge in [-0.3, -0.25) is 4.40 Å². The van der Waals surface area contributed by atoms with E-state index < -0.39 is 0 Å². The molecule has 1 saturated heterocycles. The third-order valence-electron chi connectivity index (χ3n) is 5.55. The Hall–Kier alpha value is -3.00. The number of hydrogen-bond acceptors (Lipinski definition) is 5. The largest absolute Gasteiger partial charge is 0.378 e. The number of anilines is 1. The van der Waals surface area contributed by atoms with E-state index in [2.05, 4.69) is 14.9 Å². The van der Waals surface area contributed by atoms with Crippen molar-refractivity contribution in [3.63, 3.8) is 0 Å². The van der Waals surface area contributed by atoms with E-state index in [9.17, 15) is 4.39 Å². The molecule has 0 unspecified atom stereocenters. The van der Waals surface area contributed by atoms with Gasteiger partial charge in [0.05, 0.1) is 30.1 Å². The van der Waals surface area contributed by atoms with Crippen molar-refractivity contribution in [1.82, 2.24) is 14.4 Å². The van der Waals surface area contributed by atoms with Crippen LogP contribution < -0.4 is 10.6 Å². The second kappa shape index (κ2) is 8.26. The molecule has 1 aliphatic rings. The molecule has 0 atom stereocenters. The topological polar surface area (TPSA) is 68.7 Å². The van der Waals surface area contributed by atoms with Gasteiger partial charge in [-0.2, -0.15) is 0 Å². The molecule has 0 spiro atoms. The van der Waals surface area contributed by atoms with E-state index in [0.717, 1.165) is 65.7 Å². The van der Waals surface area contributed by atoms with Gasteiger partial charge in [0.25, 0.3) is 0 Å². The van der Waals surface area contributed by atoms with Crippen LogP contribution in [0.3, 0.4) is 0 Å². The zero-order valence-electron chi connectivity index (χ0n) is 16.8. The highest BCUT2D eigenvalue weighted by molar-refractivity contribution is 6.33. The molecule has 0 bridgehead atoms. The number of nitrogens with zero attached hydrogens (tertiary/aromatic N) is 4. The predicted molar refractivity (Wildman–Crippen MR) is 120 cm³/mol. The molecular formula is C23H21ClFN5O. The van der Waals surface area contributed by atoms with E-state index in [1.165, 1.54) is 12.1 Å². The third-order valence-corrected chi connectivity index (χ3v) is 5.87. The van der Waals surface area contributed by atoms with Crippen LogP contribution in [0.1, 0.15) is 5.56 Å². The molecule has 1 aromatic carbocycles. The summed E-state index contributed by atoms with van der Waals surface area (Å²) in [5, 5.41) is 0.340. The van der Waals surface area contributed by atoms with Crippen LogP contribution in [0.2, 0.25) is 5.02 Å². The van der Waals surface area contributed by atoms with Gasteiger partial charge in [0.1, 0.15) is 17.3 Å². The van der Waals surface area contributed by atoms with Crippen LogP contribution in [0.4, 0.5) is 10.2 Å². The second-order valence-electron chi connectivity index (χ2n) is 7.42. The molecule has 5 rings (SSSR count). The van der Waals surface area contributed by atoms with Gasteiger partial charge >= 0.3 is 0 Å². The first kappa shape index (κ1) is 19.9. The van der Waals surface area contributed by atoms with E-state index in [-0.39, 0.29) is 5.82 Å². The Kier molecular flexibility index (Phi) is 5.31. The van der Waals surface area contributed by atoms with Crippen molar-refractivity contribution >= 4 is 23.1 Å². The van der Waals surface area contributed by atoms with Crippen molar-refractivity contribution in [3.05, 3.63) is 71.4 Å². The van der Waals surface area contributed by atoms with Crippen molar-refractivity contribution < 1.29 is 9.13 Å². The summed E-state index contributed by atoms with van der Waals surface area (Å²) in [5.74, 6) is 0.559. The molecule has 1 fully saturated rings. The number of halogens is 2. The average molecular weight is 438 g/mol. The normalized spacial score (nSPS) is 14.4. The monoisotopic (exact) mass is 437 g/mol. The van der Waals surface area contributed by atoms with Gasteiger partial charge in [-0.1, -0.05) is 11.6 Å². The lowest BCUT2D eigenvalue weighted by atomic mass is 10.0. The number of pyridine rings is 2. The zero-order chi connectivity index (χ0) is 21.4. The molecule has 0 amide bonds. The Labute approximate surface area is 184 Å². The fraction of sp³-hybridized carbons (Fsp3) is 0.217. The lowest BCUT2D eigenvalue weighted by molar-refractivity contribution is 0.122. The highest BCUT2D eigenvalue weighted by Gasteiger charge is 2.16. The van der Waals surface area contributed by atoms with E-state index in [4.69, 9.17) is 22.1 Å². The molecule has 0 radical (unpaired) electrons. The van der Waals surface area contributed by atoms with Crippen LogP contribution in [-0.4, -0.2) is 40.7 Å². The summed E-state index contributed by atoms with van der Waals surface area (Å²) in [7, 11) is 0. The number of fused-ring (bicyclic) bond motifs is 1. The summed E-state index contributed by atoms with van der Waals surface area (Å²) in [6, 6.07) is 10.4. The number of benzene rings is 1. The van der Waals surface area contributed by atoms with Crippen molar-refractivity contribution in [3.8, 4) is 22.4 Å². The van der Waals surface area contributed by atoms with Crippen molar-refractivity contribution in [2.24, 2.45) is 5.73 Å². The number of rotatable bonds is 4. The van der Waals surface area contributed by atoms with Crippen LogP contribution in [0.15, 0.2) is 55.0 Å². The fourth-order valence-electron chi connectivity index (χ4n) is 3.91. The number of imidazole rings is 1. The summed E-state index contributed by atoms with van der Waals surface area (Å²) in [4.78, 5) is 11.4. The van der Waals surface area contributed by atoms with Gasteiger partial charge in [-0.05, 0) is 42.0 Å². The van der Waals surface area contributed by atoms with Crippen LogP contribution in [0.5, 0.6) is 0 Å². The maximum absolute atomic E-state index is 13.6. The molecule has 4 heterocycles. The van der Waals surface area contributed by atoms with Crippen molar-refractivity contribution in [2.45, 2.75) is 6.54 Å². The number of ether oxygens (including phenoxy) is 1. The third kappa shape index (κ3) is 3.76. The van der Waals surface area contributed by atoms with Gasteiger partial charge in [0.2, 0.25) is 0 Å². The molecule has 4 aromatic rings. The molecule has 8 heteroatoms. The summed E-state index contributed by atoms with van der Waals surface area (Å²) in [6.45, 7) is 3.43. The minimum Gasteiger partial charge on any atom is -0.378 e. The number of nitrogens with two attached hydrogens (primary N) is 1. The lowest BCUT2D eigenvalue weighted by Crippen LogP contribution is -2.36. The molecule has 0 saturated carbocycles. The zero-order valence-corrected chi connectivity index (χ0v) is 17.5. The molecule has 3 aromatic heterocycles. The van der Waals surface area contributed by atoms with Crippen molar-refractivity contribution in [1.29, 1.82) is 0 Å². The summed E-state index contributed by atoms with van der Waals surface area (Å²) < 4.78 is 21.0. The average Bonchev–Trinajstić information content (AvgIpc) is 3.22. The number of morpholine rings is 1. The Morgan fingerprint density at radius 3 is 2.58 bits per heavy atom. The van der Waals surface area contributed by atoms with E-state index >= 15 is 0 Å². The van der Waals surface area contributed by atoms with Crippen LogP contribution in [0, 0.1) is 5.82 Å². The molecule has 6 nitrogen and oxygen atoms in total. The first-order chi connectivity index (χ1) is 15.1. The maximum atomic E-state index is 13.6. The van der Waals surface area contributed by atoms with Gasteiger partial charge < -0.3 is 15.4 Å². The Balaban J connectivity index is 1.57. The fourth-order valence-corrected chi connectivity index (χ4v) is 4.18. The van der Waals surface area contributed by atoms with Gasteiger partial charge in [0, 0.05) is 48.7 Å². The molecule has 1 aliphatic heterocycles. The quantitative estimate of drug-likeness (QED) is 0.519. The smallest absolute Gasteiger partial charge is 0.137 e. The first-order valence-electron chi connectivity index (χ1n) is 10.1. The van der Waals surface area contributed by atoms with Gasteiger partial charge in [0.15, 0.2) is 0 Å². The minimum atomic E-state index is -0.376. The molecule has 158 valence electrons. The molecular weight excluding hydrogens is 417 g/mol. The van der Waals surface area contributed by atoms with Crippen LogP contribution in [0.25, 0.3) is 28.0 Å². The summed E-state index contributed by atoms with van der Waals surface area (Å²) >= 11 is 6.34. The maximum Gasteiger partial charge on any atom is 0.137 e. The van der Waals surface area contributed by atoms with Gasteiger partial charge in [-0.25, -0.2) is 14.4 Å².